The van der Waals surface area contributed by atoms with Gasteiger partial charge in [0, 0.05) is 6.54 Å². The minimum atomic E-state index is -4.41. The van der Waals surface area contributed by atoms with Gasteiger partial charge in [0.25, 0.3) is 0 Å². The van der Waals surface area contributed by atoms with Gasteiger partial charge in [0.2, 0.25) is 5.91 Å². The molecule has 6 N–H and O–H groups in total. The number of aliphatic hydroxyl groups excluding tert-OH is 2. The van der Waals surface area contributed by atoms with Crippen LogP contribution in [0, 0.1) is 0 Å². The van der Waals surface area contributed by atoms with Gasteiger partial charge < -0.3 is 26.2 Å². The molecular weight excluding hydrogens is 675 g/mol. The molecule has 9 nitrogen and oxygen atoms in total. The Morgan fingerprint density at radius 3 is 1.63 bits per heavy atom. The van der Waals surface area contributed by atoms with Crippen LogP contribution in [0.5, 0.6) is 0 Å². The quantitative estimate of drug-likeness (QED) is 0.0236. The molecule has 0 radical (unpaired) electrons. The summed E-state index contributed by atoms with van der Waals surface area (Å²) in [5, 5.41) is 23.9. The lowest BCUT2D eigenvalue weighted by Gasteiger charge is -2.24. The Balaban J connectivity index is 4.38. The van der Waals surface area contributed by atoms with E-state index in [1.807, 2.05) is 6.08 Å². The van der Waals surface area contributed by atoms with E-state index in [0.29, 0.717) is 12.8 Å². The highest BCUT2D eigenvalue weighted by Gasteiger charge is 2.27. The van der Waals surface area contributed by atoms with Crippen LogP contribution >= 0.6 is 7.82 Å². The van der Waals surface area contributed by atoms with Gasteiger partial charge in [-0.05, 0) is 57.8 Å². The first-order valence-corrected chi connectivity index (χ1v) is 22.7. The molecular formula is C42H81N2O7P. The fourth-order valence-electron chi connectivity index (χ4n) is 6.01. The Labute approximate surface area is 319 Å². The Hall–Kier alpha value is -1.32. The van der Waals surface area contributed by atoms with Gasteiger partial charge in [-0.3, -0.25) is 13.8 Å². The molecule has 0 aromatic rings. The van der Waals surface area contributed by atoms with Gasteiger partial charge in [-0.2, -0.15) is 0 Å². The fourth-order valence-corrected chi connectivity index (χ4v) is 6.77. The Kier molecular flexibility index (Phi) is 37.0. The smallest absolute Gasteiger partial charge is 0.393 e. The number of phosphoric acid groups is 1. The maximum Gasteiger partial charge on any atom is 0.472 e. The number of rotatable bonds is 39. The van der Waals surface area contributed by atoms with E-state index >= 15 is 0 Å². The van der Waals surface area contributed by atoms with Crippen molar-refractivity contribution in [2.45, 2.75) is 205 Å². The van der Waals surface area contributed by atoms with E-state index in [1.165, 1.54) is 109 Å². The van der Waals surface area contributed by atoms with Gasteiger partial charge >= 0.3 is 7.82 Å². The number of nitrogens with one attached hydrogen (secondary N) is 1. The van der Waals surface area contributed by atoms with Gasteiger partial charge in [-0.15, -0.1) is 0 Å². The first-order valence-electron chi connectivity index (χ1n) is 21.2. The summed E-state index contributed by atoms with van der Waals surface area (Å²) in [5.74, 6) is -0.467. The summed E-state index contributed by atoms with van der Waals surface area (Å²) < 4.78 is 22.0. The Morgan fingerprint density at radius 2 is 1.10 bits per heavy atom. The van der Waals surface area contributed by atoms with Crippen molar-refractivity contribution in [3.63, 3.8) is 0 Å². The lowest BCUT2D eigenvalue weighted by atomic mass is 10.0. The van der Waals surface area contributed by atoms with Crippen molar-refractivity contribution < 1.29 is 33.5 Å². The second kappa shape index (κ2) is 38.0. The first kappa shape index (κ1) is 50.7. The number of nitrogens with two attached hydrogens (primary N) is 1. The molecule has 306 valence electrons. The second-order valence-electron chi connectivity index (χ2n) is 14.4. The standard InChI is InChI=1S/C42H81N2O7P/c1-3-5-7-9-11-13-15-16-17-18-19-20-21-22-23-24-26-28-30-32-34-41(46)40(38-51-52(48,49)50-36-35-43)44-42(47)37-39(45)33-31-29-27-25-14-12-10-8-6-4-2/h12,14,24,26,32,34,39-41,45-46H,3-11,13,15-23,25,27-31,33,35-38,43H2,1-2H3,(H,44,47)(H,48,49)/b14-12-,26-24+,34-32+. The summed E-state index contributed by atoms with van der Waals surface area (Å²) in [4.78, 5) is 22.7. The largest absolute Gasteiger partial charge is 0.472 e. The van der Waals surface area contributed by atoms with Crippen LogP contribution in [0.4, 0.5) is 0 Å². The molecule has 0 saturated heterocycles. The van der Waals surface area contributed by atoms with Gasteiger partial charge in [-0.25, -0.2) is 4.57 Å². The number of unbranched alkanes of at least 4 members (excludes halogenated alkanes) is 21. The monoisotopic (exact) mass is 757 g/mol. The summed E-state index contributed by atoms with van der Waals surface area (Å²) in [7, 11) is -4.41. The molecule has 0 aliphatic rings. The van der Waals surface area contributed by atoms with Crippen molar-refractivity contribution in [1.29, 1.82) is 0 Å². The van der Waals surface area contributed by atoms with Crippen molar-refractivity contribution in [2.24, 2.45) is 5.73 Å². The molecule has 0 saturated carbocycles. The molecule has 4 atom stereocenters. The zero-order chi connectivity index (χ0) is 38.4. The van der Waals surface area contributed by atoms with Crippen LogP contribution in [-0.2, 0) is 18.4 Å². The molecule has 0 fully saturated rings. The zero-order valence-corrected chi connectivity index (χ0v) is 34.3. The van der Waals surface area contributed by atoms with Crippen molar-refractivity contribution in [3.8, 4) is 0 Å². The van der Waals surface area contributed by atoms with E-state index in [-0.39, 0.29) is 19.6 Å². The molecule has 0 heterocycles. The number of hydrogen-bond acceptors (Lipinski definition) is 7. The Morgan fingerprint density at radius 1 is 0.654 bits per heavy atom. The molecule has 4 unspecified atom stereocenters. The van der Waals surface area contributed by atoms with E-state index in [4.69, 9.17) is 14.8 Å². The van der Waals surface area contributed by atoms with Gasteiger partial charge in [0.05, 0.1) is 37.9 Å². The van der Waals surface area contributed by atoms with Crippen molar-refractivity contribution in [3.05, 3.63) is 36.5 Å². The number of aliphatic hydroxyl groups is 2. The molecule has 0 bridgehead atoms. The maximum absolute atomic E-state index is 12.7. The molecule has 10 heteroatoms. The topological polar surface area (TPSA) is 151 Å². The maximum atomic E-state index is 12.7. The molecule has 1 amide bonds. The molecule has 0 aromatic heterocycles. The minimum Gasteiger partial charge on any atom is -0.393 e. The van der Waals surface area contributed by atoms with Crippen molar-refractivity contribution in [2.75, 3.05) is 19.8 Å². The predicted octanol–water partition coefficient (Wildman–Crippen LogP) is 10.5. The first-order chi connectivity index (χ1) is 25.3. The van der Waals surface area contributed by atoms with E-state index in [1.54, 1.807) is 6.08 Å². The number of phosphoric ester groups is 1. The lowest BCUT2D eigenvalue weighted by Crippen LogP contribution is -2.46. The molecule has 0 spiro atoms. The molecule has 52 heavy (non-hydrogen) atoms. The van der Waals surface area contributed by atoms with Crippen LogP contribution in [-0.4, -0.2) is 59.0 Å². The van der Waals surface area contributed by atoms with Gasteiger partial charge in [-0.1, -0.05) is 159 Å². The van der Waals surface area contributed by atoms with E-state index < -0.39 is 38.6 Å². The van der Waals surface area contributed by atoms with E-state index in [2.05, 4.69) is 43.5 Å². The van der Waals surface area contributed by atoms with Crippen LogP contribution < -0.4 is 11.1 Å². The van der Waals surface area contributed by atoms with Crippen LogP contribution in [0.25, 0.3) is 0 Å². The number of carbonyl (C=O) groups is 1. The molecule has 0 aliphatic heterocycles. The average molecular weight is 757 g/mol. The number of amides is 1. The van der Waals surface area contributed by atoms with Gasteiger partial charge in [0.15, 0.2) is 0 Å². The number of allylic oxidation sites excluding steroid dienone is 5. The third-order valence-electron chi connectivity index (χ3n) is 9.24. The van der Waals surface area contributed by atoms with Crippen LogP contribution in [0.3, 0.4) is 0 Å². The predicted molar refractivity (Wildman–Crippen MR) is 218 cm³/mol. The van der Waals surface area contributed by atoms with E-state index in [9.17, 15) is 24.5 Å². The fraction of sp³-hybridized carbons (Fsp3) is 0.833. The van der Waals surface area contributed by atoms with E-state index in [0.717, 1.165) is 44.9 Å². The summed E-state index contributed by atoms with van der Waals surface area (Å²) in [6, 6.07) is -1.00. The van der Waals surface area contributed by atoms with Crippen molar-refractivity contribution in [1.82, 2.24) is 5.32 Å². The second-order valence-corrected chi connectivity index (χ2v) is 15.8. The molecule has 0 aliphatic carbocycles. The summed E-state index contributed by atoms with van der Waals surface area (Å²) in [6.07, 6.45) is 41.0. The number of hydrogen-bond donors (Lipinski definition) is 5. The van der Waals surface area contributed by atoms with Crippen LogP contribution in [0.2, 0.25) is 0 Å². The highest BCUT2D eigenvalue weighted by Crippen LogP contribution is 2.43. The van der Waals surface area contributed by atoms with Crippen molar-refractivity contribution >= 4 is 13.7 Å². The van der Waals surface area contributed by atoms with Crippen LogP contribution in [0.1, 0.15) is 187 Å². The minimum absolute atomic E-state index is 0.0426. The molecule has 0 aromatic carbocycles. The summed E-state index contributed by atoms with van der Waals surface area (Å²) >= 11 is 0. The average Bonchev–Trinajstić information content (AvgIpc) is 3.12. The lowest BCUT2D eigenvalue weighted by molar-refractivity contribution is -0.124. The third-order valence-corrected chi connectivity index (χ3v) is 10.2. The SMILES string of the molecule is CCCCC/C=C\CCCCCC(O)CC(=O)NC(COP(=O)(O)OCCN)C(O)/C=C/CC/C=C/CCCCCCCCCCCCCCCC. The third kappa shape index (κ3) is 35.7. The number of carbonyl (C=O) groups excluding carboxylic acids is 1. The van der Waals surface area contributed by atoms with Gasteiger partial charge in [0.1, 0.15) is 0 Å². The molecule has 0 rings (SSSR count). The highest BCUT2D eigenvalue weighted by atomic mass is 31.2. The summed E-state index contributed by atoms with van der Waals surface area (Å²) in [6.45, 7) is 3.90. The Bertz CT molecular complexity index is 930. The summed E-state index contributed by atoms with van der Waals surface area (Å²) in [5.41, 5.74) is 5.35. The zero-order valence-electron chi connectivity index (χ0n) is 33.4. The highest BCUT2D eigenvalue weighted by molar-refractivity contribution is 7.47. The van der Waals surface area contributed by atoms with Crippen LogP contribution in [0.15, 0.2) is 36.5 Å². The normalized spacial score (nSPS) is 15.1.